The average molecular weight is 359 g/mol. The van der Waals surface area contributed by atoms with Crippen LogP contribution in [0.1, 0.15) is 15.9 Å². The lowest BCUT2D eigenvalue weighted by molar-refractivity contribution is 0.0235. The second kappa shape index (κ2) is 7.59. The minimum Gasteiger partial charge on any atom is -0.490 e. The van der Waals surface area contributed by atoms with E-state index in [2.05, 4.69) is 5.48 Å². The standard InChI is InChI=1S/C19H19ClN2O3/c1-22(2)19(23)14-5-9-16(10-6-14)24-12-17-11-18(21-25-17)13-3-7-15(20)8-4-13/h3-11,17,21H,12H2,1-2H3/t17-/m0/s1. The van der Waals surface area contributed by atoms with Gasteiger partial charge >= 0.3 is 0 Å². The van der Waals surface area contributed by atoms with Crippen LogP contribution in [-0.4, -0.2) is 37.6 Å². The molecule has 1 N–H and O–H groups in total. The summed E-state index contributed by atoms with van der Waals surface area (Å²) in [6.45, 7) is 0.366. The average Bonchev–Trinajstić information content (AvgIpc) is 3.09. The number of hydroxylamine groups is 1. The van der Waals surface area contributed by atoms with E-state index in [1.165, 1.54) is 4.90 Å². The molecule has 0 aromatic heterocycles. The second-order valence-corrected chi connectivity index (χ2v) is 6.32. The van der Waals surface area contributed by atoms with Crippen molar-refractivity contribution in [2.24, 2.45) is 0 Å². The smallest absolute Gasteiger partial charge is 0.253 e. The molecule has 0 spiro atoms. The van der Waals surface area contributed by atoms with Crippen LogP contribution in [0.15, 0.2) is 54.6 Å². The summed E-state index contributed by atoms with van der Waals surface area (Å²) in [6.07, 6.45) is 1.77. The van der Waals surface area contributed by atoms with Gasteiger partial charge in [0.1, 0.15) is 18.5 Å². The third-order valence-corrected chi connectivity index (χ3v) is 4.00. The highest BCUT2D eigenvalue weighted by molar-refractivity contribution is 6.30. The van der Waals surface area contributed by atoms with Crippen molar-refractivity contribution in [1.82, 2.24) is 10.4 Å². The Hall–Kier alpha value is -2.50. The van der Waals surface area contributed by atoms with Crippen molar-refractivity contribution < 1.29 is 14.4 Å². The molecule has 6 heteroatoms. The fourth-order valence-corrected chi connectivity index (χ4v) is 2.52. The first-order chi connectivity index (χ1) is 12.0. The maximum absolute atomic E-state index is 11.9. The van der Waals surface area contributed by atoms with E-state index in [1.807, 2.05) is 30.3 Å². The Labute approximate surface area is 151 Å². The lowest BCUT2D eigenvalue weighted by Gasteiger charge is -2.12. The fraction of sp³-hybridized carbons (Fsp3) is 0.211. The molecule has 1 heterocycles. The molecule has 1 aliphatic rings. The molecule has 0 unspecified atom stereocenters. The van der Waals surface area contributed by atoms with Gasteiger partial charge < -0.3 is 9.64 Å². The fourth-order valence-electron chi connectivity index (χ4n) is 2.39. The summed E-state index contributed by atoms with van der Waals surface area (Å²) in [4.78, 5) is 18.9. The summed E-state index contributed by atoms with van der Waals surface area (Å²) >= 11 is 5.90. The van der Waals surface area contributed by atoms with E-state index in [1.54, 1.807) is 38.4 Å². The molecule has 0 bridgehead atoms. The largest absolute Gasteiger partial charge is 0.490 e. The van der Waals surface area contributed by atoms with Gasteiger partial charge in [0, 0.05) is 24.7 Å². The first-order valence-electron chi connectivity index (χ1n) is 7.87. The highest BCUT2D eigenvalue weighted by Crippen LogP contribution is 2.21. The molecule has 0 radical (unpaired) electrons. The first kappa shape index (κ1) is 17.3. The minimum absolute atomic E-state index is 0.0367. The van der Waals surface area contributed by atoms with E-state index in [-0.39, 0.29) is 12.0 Å². The Bertz CT molecular complexity index is 770. The molecule has 1 aliphatic heterocycles. The van der Waals surface area contributed by atoms with Crippen LogP contribution in [0.25, 0.3) is 5.70 Å². The molecule has 1 atom stereocenters. The summed E-state index contributed by atoms with van der Waals surface area (Å²) in [5.74, 6) is 0.651. The molecule has 1 amide bonds. The molecule has 2 aromatic rings. The van der Waals surface area contributed by atoms with Crippen LogP contribution in [0.5, 0.6) is 5.75 Å². The van der Waals surface area contributed by atoms with Crippen LogP contribution in [0.2, 0.25) is 5.02 Å². The van der Waals surface area contributed by atoms with Crippen LogP contribution in [0.4, 0.5) is 0 Å². The molecule has 2 aromatic carbocycles. The summed E-state index contributed by atoms with van der Waals surface area (Å²) in [5, 5.41) is 0.694. The highest BCUT2D eigenvalue weighted by atomic mass is 35.5. The Balaban J connectivity index is 1.57. The van der Waals surface area contributed by atoms with Gasteiger partial charge in [0.2, 0.25) is 0 Å². The maximum atomic E-state index is 11.9. The lowest BCUT2D eigenvalue weighted by atomic mass is 10.1. The van der Waals surface area contributed by atoms with Gasteiger partial charge in [-0.15, -0.1) is 0 Å². The van der Waals surface area contributed by atoms with Crippen LogP contribution >= 0.6 is 11.6 Å². The Kier molecular flexibility index (Phi) is 5.26. The van der Waals surface area contributed by atoms with E-state index in [9.17, 15) is 4.79 Å². The van der Waals surface area contributed by atoms with Crippen molar-refractivity contribution >= 4 is 23.2 Å². The Morgan fingerprint density at radius 1 is 1.16 bits per heavy atom. The van der Waals surface area contributed by atoms with Crippen molar-refractivity contribution in [1.29, 1.82) is 0 Å². The van der Waals surface area contributed by atoms with Crippen molar-refractivity contribution in [2.45, 2.75) is 6.10 Å². The maximum Gasteiger partial charge on any atom is 0.253 e. The topological polar surface area (TPSA) is 50.8 Å². The van der Waals surface area contributed by atoms with Gasteiger partial charge in [-0.25, -0.2) is 0 Å². The van der Waals surface area contributed by atoms with Gasteiger partial charge in [-0.1, -0.05) is 23.7 Å². The second-order valence-electron chi connectivity index (χ2n) is 5.88. The first-order valence-corrected chi connectivity index (χ1v) is 8.24. The van der Waals surface area contributed by atoms with E-state index in [4.69, 9.17) is 21.2 Å². The normalized spacial score (nSPS) is 16.1. The van der Waals surface area contributed by atoms with E-state index in [0.717, 1.165) is 11.3 Å². The molecule has 0 aliphatic carbocycles. The van der Waals surface area contributed by atoms with Gasteiger partial charge in [-0.05, 0) is 48.0 Å². The third-order valence-electron chi connectivity index (χ3n) is 3.75. The molecular weight excluding hydrogens is 340 g/mol. The van der Waals surface area contributed by atoms with E-state index >= 15 is 0 Å². The van der Waals surface area contributed by atoms with Crippen LogP contribution in [-0.2, 0) is 4.84 Å². The Morgan fingerprint density at radius 2 is 1.84 bits per heavy atom. The van der Waals surface area contributed by atoms with Gasteiger partial charge in [0.25, 0.3) is 5.91 Å². The molecule has 0 saturated heterocycles. The number of nitrogens with zero attached hydrogens (tertiary/aromatic N) is 1. The van der Waals surface area contributed by atoms with E-state index in [0.29, 0.717) is 22.9 Å². The van der Waals surface area contributed by atoms with Crippen LogP contribution in [0, 0.1) is 0 Å². The zero-order valence-electron chi connectivity index (χ0n) is 14.0. The summed E-state index contributed by atoms with van der Waals surface area (Å²) < 4.78 is 5.73. The summed E-state index contributed by atoms with van der Waals surface area (Å²) in [6, 6.07) is 14.6. The molecular formula is C19H19ClN2O3. The summed E-state index contributed by atoms with van der Waals surface area (Å²) in [7, 11) is 3.45. The van der Waals surface area contributed by atoms with Gasteiger partial charge in [-0.3, -0.25) is 15.1 Å². The van der Waals surface area contributed by atoms with Gasteiger partial charge in [0.05, 0.1) is 5.70 Å². The molecule has 5 nitrogen and oxygen atoms in total. The number of carbonyl (C=O) groups excluding carboxylic acids is 1. The molecule has 130 valence electrons. The number of amides is 1. The molecule has 25 heavy (non-hydrogen) atoms. The number of hydrogen-bond acceptors (Lipinski definition) is 4. The monoisotopic (exact) mass is 358 g/mol. The number of benzene rings is 2. The number of ether oxygens (including phenoxy) is 1. The quantitative estimate of drug-likeness (QED) is 0.890. The van der Waals surface area contributed by atoms with Gasteiger partial charge in [0.15, 0.2) is 0 Å². The third kappa shape index (κ3) is 4.32. The van der Waals surface area contributed by atoms with Gasteiger partial charge in [-0.2, -0.15) is 0 Å². The predicted octanol–water partition coefficient (Wildman–Crippen LogP) is 3.37. The summed E-state index contributed by atoms with van der Waals surface area (Å²) in [5.41, 5.74) is 5.41. The number of rotatable bonds is 5. The van der Waals surface area contributed by atoms with Crippen molar-refractivity contribution in [3.63, 3.8) is 0 Å². The SMILES string of the molecule is CN(C)C(=O)c1ccc(OC[C@@H]2C=C(c3ccc(Cl)cc3)NO2)cc1. The van der Waals surface area contributed by atoms with Crippen LogP contribution in [0.3, 0.4) is 0 Å². The number of nitrogens with one attached hydrogen (secondary N) is 1. The number of halogens is 1. The van der Waals surface area contributed by atoms with Crippen molar-refractivity contribution in [3.05, 3.63) is 70.8 Å². The van der Waals surface area contributed by atoms with Crippen molar-refractivity contribution in [2.75, 3.05) is 20.7 Å². The number of carbonyl (C=O) groups is 1. The predicted molar refractivity (Wildman–Crippen MR) is 97.4 cm³/mol. The van der Waals surface area contributed by atoms with E-state index < -0.39 is 0 Å². The molecule has 0 fully saturated rings. The molecule has 3 rings (SSSR count). The van der Waals surface area contributed by atoms with Crippen LogP contribution < -0.4 is 10.2 Å². The minimum atomic E-state index is -0.200. The number of hydrogen-bond donors (Lipinski definition) is 1. The van der Waals surface area contributed by atoms with Crippen molar-refractivity contribution in [3.8, 4) is 5.75 Å². The molecule has 0 saturated carbocycles. The highest BCUT2D eigenvalue weighted by Gasteiger charge is 2.18. The Morgan fingerprint density at radius 3 is 2.48 bits per heavy atom. The lowest BCUT2D eigenvalue weighted by Crippen LogP contribution is -2.21. The zero-order chi connectivity index (χ0) is 17.8. The zero-order valence-corrected chi connectivity index (χ0v) is 14.8.